The highest BCUT2D eigenvalue weighted by Crippen LogP contribution is 2.16. The molecule has 2 aromatic rings. The summed E-state index contributed by atoms with van der Waals surface area (Å²) in [6.07, 6.45) is 2.67. The van der Waals surface area contributed by atoms with Crippen molar-refractivity contribution >= 4 is 16.9 Å². The minimum Gasteiger partial charge on any atom is -0.379 e. The van der Waals surface area contributed by atoms with Gasteiger partial charge in [0.25, 0.3) is 5.91 Å². The Morgan fingerprint density at radius 2 is 1.81 bits per heavy atom. The summed E-state index contributed by atoms with van der Waals surface area (Å²) in [4.78, 5) is 24.2. The number of nitrogens with one attached hydrogen (secondary N) is 1. The number of carbonyl (C=O) groups excluding carboxylic acids is 1. The number of benzene rings is 1. The van der Waals surface area contributed by atoms with Gasteiger partial charge in [0.15, 0.2) is 0 Å². The van der Waals surface area contributed by atoms with Crippen molar-refractivity contribution in [2.45, 2.75) is 33.1 Å². The monoisotopic (exact) mass is 356 g/mol. The van der Waals surface area contributed by atoms with Gasteiger partial charge >= 0.3 is 0 Å². The third-order valence-electron chi connectivity index (χ3n) is 4.79. The van der Waals surface area contributed by atoms with Crippen molar-refractivity contribution < 1.29 is 9.53 Å². The quantitative estimate of drug-likeness (QED) is 0.771. The Bertz CT molecular complexity index is 757. The van der Waals surface area contributed by atoms with Gasteiger partial charge in [0.05, 0.1) is 35.6 Å². The van der Waals surface area contributed by atoms with Gasteiger partial charge in [-0.25, -0.2) is 9.97 Å². The summed E-state index contributed by atoms with van der Waals surface area (Å²) in [5.41, 5.74) is 4.34. The van der Waals surface area contributed by atoms with E-state index in [9.17, 15) is 4.79 Å². The van der Waals surface area contributed by atoms with E-state index in [1.54, 1.807) is 0 Å². The Hall–Kier alpha value is -2.05. The van der Waals surface area contributed by atoms with E-state index in [4.69, 9.17) is 9.72 Å². The standard InChI is InChI=1S/C20H28N4O2/c1-3-16-17(4-2)23-19-14-15(6-7-18(19)22-16)20(25)21-8-5-9-24-10-12-26-13-11-24/h6-7,14H,3-5,8-13H2,1-2H3,(H,21,25). The molecule has 0 unspecified atom stereocenters. The van der Waals surface area contributed by atoms with Crippen molar-refractivity contribution in [2.75, 3.05) is 39.4 Å². The second-order valence-electron chi connectivity index (χ2n) is 6.59. The van der Waals surface area contributed by atoms with Crippen molar-refractivity contribution in [1.29, 1.82) is 0 Å². The number of nitrogens with zero attached hydrogens (tertiary/aromatic N) is 3. The molecule has 0 bridgehead atoms. The van der Waals surface area contributed by atoms with Gasteiger partial charge in [0.2, 0.25) is 0 Å². The molecule has 0 saturated carbocycles. The fraction of sp³-hybridized carbons (Fsp3) is 0.550. The Balaban J connectivity index is 1.59. The molecule has 6 heteroatoms. The molecular formula is C20H28N4O2. The molecule has 3 rings (SSSR count). The zero-order valence-electron chi connectivity index (χ0n) is 15.8. The van der Waals surface area contributed by atoms with E-state index in [2.05, 4.69) is 29.0 Å². The summed E-state index contributed by atoms with van der Waals surface area (Å²) in [6, 6.07) is 5.57. The number of fused-ring (bicyclic) bond motifs is 1. The third kappa shape index (κ3) is 4.56. The van der Waals surface area contributed by atoms with E-state index < -0.39 is 0 Å². The first kappa shape index (κ1) is 18.7. The fourth-order valence-corrected chi connectivity index (χ4v) is 3.27. The molecule has 6 nitrogen and oxygen atoms in total. The van der Waals surface area contributed by atoms with Crippen LogP contribution in [0.4, 0.5) is 0 Å². The largest absolute Gasteiger partial charge is 0.379 e. The molecule has 0 radical (unpaired) electrons. The second kappa shape index (κ2) is 9.05. The zero-order chi connectivity index (χ0) is 18.4. The summed E-state index contributed by atoms with van der Waals surface area (Å²) in [7, 11) is 0. The van der Waals surface area contributed by atoms with Gasteiger partial charge in [-0.2, -0.15) is 0 Å². The van der Waals surface area contributed by atoms with Gasteiger partial charge in [-0.3, -0.25) is 9.69 Å². The van der Waals surface area contributed by atoms with E-state index in [-0.39, 0.29) is 5.91 Å². The van der Waals surface area contributed by atoms with Gasteiger partial charge in [-0.15, -0.1) is 0 Å². The molecule has 1 aliphatic heterocycles. The summed E-state index contributed by atoms with van der Waals surface area (Å²) in [5.74, 6) is -0.0479. The van der Waals surface area contributed by atoms with Crippen LogP contribution in [0.15, 0.2) is 18.2 Å². The number of hydrogen-bond donors (Lipinski definition) is 1. The highest BCUT2D eigenvalue weighted by atomic mass is 16.5. The normalized spacial score (nSPS) is 15.3. The van der Waals surface area contributed by atoms with Crippen molar-refractivity contribution in [2.24, 2.45) is 0 Å². The van der Waals surface area contributed by atoms with Crippen molar-refractivity contribution in [3.8, 4) is 0 Å². The Morgan fingerprint density at radius 1 is 1.12 bits per heavy atom. The number of amides is 1. The zero-order valence-corrected chi connectivity index (χ0v) is 15.8. The lowest BCUT2D eigenvalue weighted by molar-refractivity contribution is 0.0374. The highest BCUT2D eigenvalue weighted by Gasteiger charge is 2.12. The summed E-state index contributed by atoms with van der Waals surface area (Å²) in [6.45, 7) is 9.43. The Labute approximate surface area is 155 Å². The first-order valence-corrected chi connectivity index (χ1v) is 9.59. The molecule has 0 atom stereocenters. The van der Waals surface area contributed by atoms with E-state index in [0.717, 1.165) is 74.5 Å². The molecule has 2 heterocycles. The maximum atomic E-state index is 12.4. The third-order valence-corrected chi connectivity index (χ3v) is 4.79. The van der Waals surface area contributed by atoms with Gasteiger partial charge < -0.3 is 10.1 Å². The van der Waals surface area contributed by atoms with Gasteiger partial charge in [0.1, 0.15) is 0 Å². The molecule has 26 heavy (non-hydrogen) atoms. The van der Waals surface area contributed by atoms with Crippen LogP contribution in [0.5, 0.6) is 0 Å². The number of aromatic nitrogens is 2. The number of rotatable bonds is 7. The molecule has 0 aliphatic carbocycles. The lowest BCUT2D eigenvalue weighted by Crippen LogP contribution is -2.38. The van der Waals surface area contributed by atoms with Crippen LogP contribution in [0.25, 0.3) is 11.0 Å². The first-order chi connectivity index (χ1) is 12.7. The van der Waals surface area contributed by atoms with Gasteiger partial charge in [0, 0.05) is 25.2 Å². The van der Waals surface area contributed by atoms with Crippen LogP contribution in [0.1, 0.15) is 42.0 Å². The van der Waals surface area contributed by atoms with Crippen LogP contribution < -0.4 is 5.32 Å². The highest BCUT2D eigenvalue weighted by molar-refractivity contribution is 5.97. The summed E-state index contributed by atoms with van der Waals surface area (Å²) in [5, 5.41) is 3.01. The Morgan fingerprint density at radius 3 is 2.50 bits per heavy atom. The summed E-state index contributed by atoms with van der Waals surface area (Å²) < 4.78 is 5.35. The maximum absolute atomic E-state index is 12.4. The average Bonchev–Trinajstić information content (AvgIpc) is 2.70. The second-order valence-corrected chi connectivity index (χ2v) is 6.59. The number of hydrogen-bond acceptors (Lipinski definition) is 5. The smallest absolute Gasteiger partial charge is 0.251 e. The molecular weight excluding hydrogens is 328 g/mol. The van der Waals surface area contributed by atoms with Crippen molar-refractivity contribution in [1.82, 2.24) is 20.2 Å². The summed E-state index contributed by atoms with van der Waals surface area (Å²) >= 11 is 0. The maximum Gasteiger partial charge on any atom is 0.251 e. The minimum atomic E-state index is -0.0479. The van der Waals surface area contributed by atoms with Crippen LogP contribution >= 0.6 is 0 Å². The van der Waals surface area contributed by atoms with Crippen molar-refractivity contribution in [3.63, 3.8) is 0 Å². The fourth-order valence-electron chi connectivity index (χ4n) is 3.27. The Kier molecular flexibility index (Phi) is 6.52. The minimum absolute atomic E-state index is 0.0479. The van der Waals surface area contributed by atoms with Gasteiger partial charge in [-0.05, 0) is 44.0 Å². The van der Waals surface area contributed by atoms with E-state index >= 15 is 0 Å². The van der Waals surface area contributed by atoms with Crippen molar-refractivity contribution in [3.05, 3.63) is 35.2 Å². The molecule has 0 spiro atoms. The van der Waals surface area contributed by atoms with Crippen LogP contribution in [0.3, 0.4) is 0 Å². The predicted octanol–water partition coefficient (Wildman–Crippen LogP) is 2.21. The lowest BCUT2D eigenvalue weighted by atomic mass is 10.1. The number of aryl methyl sites for hydroxylation is 2. The molecule has 1 fully saturated rings. The van der Waals surface area contributed by atoms with Crippen LogP contribution in [0.2, 0.25) is 0 Å². The SMILES string of the molecule is CCc1nc2ccc(C(=O)NCCCN3CCOCC3)cc2nc1CC. The number of ether oxygens (including phenoxy) is 1. The molecule has 1 amide bonds. The number of morpholine rings is 1. The van der Waals surface area contributed by atoms with Crippen LogP contribution in [-0.2, 0) is 17.6 Å². The van der Waals surface area contributed by atoms with E-state index in [0.29, 0.717) is 12.1 Å². The average molecular weight is 356 g/mol. The molecule has 1 aromatic carbocycles. The molecule has 1 saturated heterocycles. The van der Waals surface area contributed by atoms with Gasteiger partial charge in [-0.1, -0.05) is 13.8 Å². The lowest BCUT2D eigenvalue weighted by Gasteiger charge is -2.26. The van der Waals surface area contributed by atoms with Crippen LogP contribution in [0, 0.1) is 0 Å². The van der Waals surface area contributed by atoms with E-state index in [1.165, 1.54) is 0 Å². The van der Waals surface area contributed by atoms with E-state index in [1.807, 2.05) is 18.2 Å². The molecule has 1 aliphatic rings. The number of carbonyl (C=O) groups is 1. The molecule has 1 N–H and O–H groups in total. The predicted molar refractivity (Wildman–Crippen MR) is 103 cm³/mol. The molecule has 140 valence electrons. The first-order valence-electron chi connectivity index (χ1n) is 9.59. The topological polar surface area (TPSA) is 67.4 Å². The molecule has 1 aromatic heterocycles. The van der Waals surface area contributed by atoms with Crippen LogP contribution in [-0.4, -0.2) is 60.2 Å².